The molecule has 8 nitrogen and oxygen atoms in total. The minimum absolute atomic E-state index is 0.178. The summed E-state index contributed by atoms with van der Waals surface area (Å²) in [5, 5.41) is 3.49. The van der Waals surface area contributed by atoms with Gasteiger partial charge in [-0.1, -0.05) is 6.07 Å². The van der Waals surface area contributed by atoms with Crippen LogP contribution >= 0.6 is 0 Å². The zero-order chi connectivity index (χ0) is 25.7. The Morgan fingerprint density at radius 2 is 2.08 bits per heavy atom. The fourth-order valence-electron chi connectivity index (χ4n) is 4.25. The molecule has 194 valence electrons. The van der Waals surface area contributed by atoms with Gasteiger partial charge in [0, 0.05) is 56.7 Å². The van der Waals surface area contributed by atoms with Crippen LogP contribution in [-0.4, -0.2) is 73.6 Å². The molecule has 0 radical (unpaired) electrons. The highest BCUT2D eigenvalue weighted by molar-refractivity contribution is 5.66. The van der Waals surface area contributed by atoms with Gasteiger partial charge in [-0.05, 0) is 39.1 Å². The van der Waals surface area contributed by atoms with Gasteiger partial charge < -0.3 is 19.7 Å². The number of ether oxygens (including phenoxy) is 2. The van der Waals surface area contributed by atoms with Crippen LogP contribution in [0.2, 0.25) is 0 Å². The van der Waals surface area contributed by atoms with Crippen molar-refractivity contribution in [2.75, 3.05) is 49.6 Å². The first-order valence-electron chi connectivity index (χ1n) is 11.9. The van der Waals surface area contributed by atoms with E-state index in [0.29, 0.717) is 44.9 Å². The number of nitrogens with zero attached hydrogens (tertiary/aromatic N) is 5. The topological polar surface area (TPSA) is 75.1 Å². The average molecular weight is 505 g/mol. The Bertz CT molecular complexity index is 1100. The Balaban J connectivity index is 1.48. The number of benzene rings is 1. The predicted molar refractivity (Wildman–Crippen MR) is 133 cm³/mol. The molecule has 1 N–H and O–H groups in total. The first-order valence-corrected chi connectivity index (χ1v) is 11.9. The molecule has 2 aromatic rings. The molecular weight excluding hydrogens is 473 g/mol. The molecule has 36 heavy (non-hydrogen) atoms. The number of nitrogens with one attached hydrogen (secondary N) is 1. The monoisotopic (exact) mass is 504 g/mol. The van der Waals surface area contributed by atoms with E-state index in [1.165, 1.54) is 12.1 Å². The molecule has 0 unspecified atom stereocenters. The maximum absolute atomic E-state index is 14.4. The van der Waals surface area contributed by atoms with E-state index in [-0.39, 0.29) is 11.8 Å². The van der Waals surface area contributed by atoms with Crippen molar-refractivity contribution in [2.24, 2.45) is 4.99 Å². The number of aromatic nitrogens is 2. The molecule has 2 aliphatic heterocycles. The van der Waals surface area contributed by atoms with Crippen LogP contribution in [0.5, 0.6) is 5.75 Å². The molecule has 11 heteroatoms. The van der Waals surface area contributed by atoms with Gasteiger partial charge in [0.2, 0.25) is 0 Å². The van der Waals surface area contributed by atoms with E-state index < -0.39 is 12.4 Å². The second-order valence-corrected chi connectivity index (χ2v) is 8.91. The normalized spacial score (nSPS) is 19.1. The van der Waals surface area contributed by atoms with Crippen LogP contribution in [0.4, 0.5) is 24.8 Å². The summed E-state index contributed by atoms with van der Waals surface area (Å²) in [6.45, 7) is 8.77. The van der Waals surface area contributed by atoms with Gasteiger partial charge in [-0.3, -0.25) is 9.89 Å². The number of piperazine rings is 1. The van der Waals surface area contributed by atoms with Crippen molar-refractivity contribution in [2.45, 2.75) is 39.5 Å². The molecule has 0 amide bonds. The fraction of sp³-hybridized carbons (Fsp3) is 0.480. The summed E-state index contributed by atoms with van der Waals surface area (Å²) in [6, 6.07) is 4.03. The maximum Gasteiger partial charge on any atom is 0.387 e. The van der Waals surface area contributed by atoms with Gasteiger partial charge in [0.1, 0.15) is 11.6 Å². The molecule has 1 aromatic carbocycles. The lowest BCUT2D eigenvalue weighted by Crippen LogP contribution is -2.46. The van der Waals surface area contributed by atoms with Crippen LogP contribution in [0.3, 0.4) is 0 Å². The lowest BCUT2D eigenvalue weighted by Gasteiger charge is -2.36. The summed E-state index contributed by atoms with van der Waals surface area (Å²) in [7, 11) is 0. The van der Waals surface area contributed by atoms with Crippen LogP contribution in [0, 0.1) is 12.7 Å². The van der Waals surface area contributed by atoms with Crippen LogP contribution in [-0.2, 0) is 11.3 Å². The smallest absolute Gasteiger partial charge is 0.387 e. The number of hydrogen-bond acceptors (Lipinski definition) is 8. The summed E-state index contributed by atoms with van der Waals surface area (Å²) in [4.78, 5) is 18.0. The second-order valence-electron chi connectivity index (χ2n) is 8.91. The van der Waals surface area contributed by atoms with E-state index in [4.69, 9.17) is 14.7 Å². The molecule has 0 saturated carbocycles. The first-order chi connectivity index (χ1) is 17.3. The standard InChI is InChI=1S/C25H31F3N6O2/c1-16(29-3)12-22-17(2)30-23(31-19-6-11-35-15-19)24(32-22)34-9-7-33(8-10-34)14-18-4-5-20(13-21(18)26)36-25(27)28/h4-5,12-13,19,25H,3,6-11,14-15H2,1-2H3,(H,30,31)/b16-12-/t19-/m0/s1. The molecular formula is C25H31F3N6O2. The van der Waals surface area contributed by atoms with Crippen molar-refractivity contribution < 1.29 is 22.6 Å². The van der Waals surface area contributed by atoms with E-state index in [1.54, 1.807) is 0 Å². The minimum atomic E-state index is -2.98. The highest BCUT2D eigenvalue weighted by Gasteiger charge is 2.25. The largest absolute Gasteiger partial charge is 0.435 e. The summed E-state index contributed by atoms with van der Waals surface area (Å²) < 4.78 is 49.0. The van der Waals surface area contributed by atoms with Crippen LogP contribution in [0.25, 0.3) is 6.08 Å². The number of allylic oxidation sites excluding steroid dienone is 1. The summed E-state index contributed by atoms with van der Waals surface area (Å²) in [5.41, 5.74) is 2.71. The Hall–Kier alpha value is -3.18. The summed E-state index contributed by atoms with van der Waals surface area (Å²) >= 11 is 0. The molecule has 0 bridgehead atoms. The van der Waals surface area contributed by atoms with Gasteiger partial charge in [0.25, 0.3) is 0 Å². The van der Waals surface area contributed by atoms with E-state index >= 15 is 0 Å². The van der Waals surface area contributed by atoms with Crippen molar-refractivity contribution in [1.82, 2.24) is 14.9 Å². The first kappa shape index (κ1) is 25.9. The third-order valence-electron chi connectivity index (χ3n) is 6.27. The minimum Gasteiger partial charge on any atom is -0.435 e. The van der Waals surface area contributed by atoms with Crippen molar-refractivity contribution in [3.8, 4) is 5.75 Å². The second kappa shape index (κ2) is 11.7. The van der Waals surface area contributed by atoms with Crippen molar-refractivity contribution >= 4 is 24.4 Å². The van der Waals surface area contributed by atoms with Gasteiger partial charge in [0.05, 0.1) is 24.0 Å². The number of rotatable bonds is 9. The quantitative estimate of drug-likeness (QED) is 0.515. The predicted octanol–water partition coefficient (Wildman–Crippen LogP) is 4.11. The van der Waals surface area contributed by atoms with Crippen molar-refractivity contribution in [3.05, 3.63) is 46.7 Å². The van der Waals surface area contributed by atoms with E-state index in [2.05, 4.69) is 31.6 Å². The molecule has 2 fully saturated rings. The molecule has 1 aromatic heterocycles. The van der Waals surface area contributed by atoms with Crippen LogP contribution < -0.4 is 15.0 Å². The third-order valence-corrected chi connectivity index (χ3v) is 6.27. The van der Waals surface area contributed by atoms with Crippen LogP contribution in [0.15, 0.2) is 28.9 Å². The van der Waals surface area contributed by atoms with Gasteiger partial charge in [-0.2, -0.15) is 8.78 Å². The number of aryl methyl sites for hydroxylation is 1. The zero-order valence-corrected chi connectivity index (χ0v) is 20.5. The molecule has 0 spiro atoms. The molecule has 2 saturated heterocycles. The van der Waals surface area contributed by atoms with E-state index in [1.807, 2.05) is 19.9 Å². The lowest BCUT2D eigenvalue weighted by molar-refractivity contribution is -0.0500. The Kier molecular flexibility index (Phi) is 8.42. The molecule has 2 aliphatic rings. The van der Waals surface area contributed by atoms with Gasteiger partial charge in [0.15, 0.2) is 11.6 Å². The van der Waals surface area contributed by atoms with Crippen LogP contribution in [0.1, 0.15) is 30.3 Å². The van der Waals surface area contributed by atoms with Gasteiger partial charge in [-0.25, -0.2) is 14.4 Å². The van der Waals surface area contributed by atoms with E-state index in [9.17, 15) is 13.2 Å². The maximum atomic E-state index is 14.4. The van der Waals surface area contributed by atoms with Gasteiger partial charge in [-0.15, -0.1) is 0 Å². The Morgan fingerprint density at radius 1 is 1.31 bits per heavy atom. The van der Waals surface area contributed by atoms with Gasteiger partial charge >= 0.3 is 6.61 Å². The number of aliphatic imine (C=N–C) groups is 1. The van der Waals surface area contributed by atoms with E-state index in [0.717, 1.165) is 47.8 Å². The number of hydrogen-bond donors (Lipinski definition) is 1. The number of halogens is 3. The third kappa shape index (κ3) is 6.52. The highest BCUT2D eigenvalue weighted by Crippen LogP contribution is 2.28. The lowest BCUT2D eigenvalue weighted by atomic mass is 10.1. The Labute approximate surface area is 208 Å². The molecule has 3 heterocycles. The molecule has 1 atom stereocenters. The fourth-order valence-corrected chi connectivity index (χ4v) is 4.25. The number of alkyl halides is 2. The molecule has 4 rings (SSSR count). The average Bonchev–Trinajstić information content (AvgIpc) is 3.36. The summed E-state index contributed by atoms with van der Waals surface area (Å²) in [6.07, 6.45) is 2.77. The SMILES string of the molecule is C=N/C(C)=C\c1nc(N2CCN(Cc3ccc(OC(F)F)cc3F)CC2)c(N[C@H]2CCOC2)nc1C. The highest BCUT2D eigenvalue weighted by atomic mass is 19.3. The zero-order valence-electron chi connectivity index (χ0n) is 20.5. The van der Waals surface area contributed by atoms with Crippen molar-refractivity contribution in [1.29, 1.82) is 0 Å². The van der Waals surface area contributed by atoms with Crippen molar-refractivity contribution in [3.63, 3.8) is 0 Å². The molecule has 0 aliphatic carbocycles. The number of anilines is 2. The summed E-state index contributed by atoms with van der Waals surface area (Å²) in [5.74, 6) is 0.731. The Morgan fingerprint density at radius 3 is 2.72 bits per heavy atom.